The average Bonchev–Trinajstić information content (AvgIpc) is 2.84. The lowest BCUT2D eigenvalue weighted by molar-refractivity contribution is 0.201. The second kappa shape index (κ2) is 10.1. The molecule has 1 atom stereocenters. The summed E-state index contributed by atoms with van der Waals surface area (Å²) in [7, 11) is 0. The van der Waals surface area contributed by atoms with Gasteiger partial charge in [-0.25, -0.2) is 0 Å². The zero-order chi connectivity index (χ0) is 23.8. The lowest BCUT2D eigenvalue weighted by Crippen LogP contribution is -2.36. The molecule has 0 aliphatic carbocycles. The number of rotatable bonds is 9. The van der Waals surface area contributed by atoms with Crippen molar-refractivity contribution >= 4 is 74.9 Å². The first-order valence-electron chi connectivity index (χ1n) is 12.7. The van der Waals surface area contributed by atoms with Crippen LogP contribution in [0.5, 0.6) is 0 Å². The highest BCUT2D eigenvalue weighted by Crippen LogP contribution is 2.46. The van der Waals surface area contributed by atoms with Crippen LogP contribution >= 0.6 is 31.9 Å². The molecule has 0 N–H and O–H groups in total. The molecule has 0 heterocycles. The monoisotopic (exact) mass is 577 g/mol. The summed E-state index contributed by atoms with van der Waals surface area (Å²) >= 11 is 7.99. The van der Waals surface area contributed by atoms with Crippen LogP contribution in [0.15, 0.2) is 63.5 Å². The molecule has 5 rings (SSSR count). The minimum Gasteiger partial charge on any atom is -0.300 e. The molecular weight excluding hydrogens is 546 g/mol. The molecule has 5 aromatic carbocycles. The Morgan fingerprint density at radius 3 is 2.03 bits per heavy atom. The average molecular weight is 579 g/mol. The van der Waals surface area contributed by atoms with E-state index in [0.29, 0.717) is 6.04 Å². The Bertz CT molecular complexity index is 1450. The molecule has 0 saturated carbocycles. The van der Waals surface area contributed by atoms with Crippen LogP contribution in [0.2, 0.25) is 0 Å². The van der Waals surface area contributed by atoms with E-state index in [1.807, 2.05) is 0 Å². The van der Waals surface area contributed by atoms with Crippen molar-refractivity contribution in [2.24, 2.45) is 0 Å². The predicted octanol–water partition coefficient (Wildman–Crippen LogP) is 10.1. The topological polar surface area (TPSA) is 3.24 Å². The summed E-state index contributed by atoms with van der Waals surface area (Å²) in [6, 6.07) is 20.9. The molecule has 0 radical (unpaired) electrons. The smallest absolute Gasteiger partial charge is 0.0293 e. The predicted molar refractivity (Wildman–Crippen MR) is 158 cm³/mol. The second-order valence-corrected chi connectivity index (χ2v) is 11.4. The molecule has 34 heavy (non-hydrogen) atoms. The molecule has 1 nitrogen and oxygen atoms in total. The number of hydrogen-bond donors (Lipinski definition) is 0. The summed E-state index contributed by atoms with van der Waals surface area (Å²) in [5.74, 6) is 0. The number of nitrogens with zero attached hydrogens (tertiary/aromatic N) is 1. The number of fused-ring (bicyclic) bond motifs is 2. The van der Waals surface area contributed by atoms with Crippen LogP contribution in [0.1, 0.15) is 52.0 Å². The molecule has 0 amide bonds. The lowest BCUT2D eigenvalue weighted by atomic mass is 9.88. The Hall–Kier alpha value is -1.68. The fourth-order valence-corrected chi connectivity index (χ4v) is 6.88. The third-order valence-corrected chi connectivity index (χ3v) is 9.01. The van der Waals surface area contributed by atoms with Crippen molar-refractivity contribution in [3.05, 3.63) is 69.1 Å². The van der Waals surface area contributed by atoms with Gasteiger partial charge in [-0.1, -0.05) is 85.1 Å². The van der Waals surface area contributed by atoms with Gasteiger partial charge < -0.3 is 4.90 Å². The summed E-state index contributed by atoms with van der Waals surface area (Å²) < 4.78 is 2.44. The molecule has 176 valence electrons. The van der Waals surface area contributed by atoms with Crippen LogP contribution in [-0.4, -0.2) is 24.0 Å². The van der Waals surface area contributed by atoms with E-state index in [0.717, 1.165) is 6.42 Å². The number of benzene rings is 5. The highest BCUT2D eigenvalue weighted by atomic mass is 79.9. The molecule has 0 aliphatic rings. The van der Waals surface area contributed by atoms with Crippen LogP contribution in [0.4, 0.5) is 0 Å². The summed E-state index contributed by atoms with van der Waals surface area (Å²) in [5, 5.41) is 10.7. The van der Waals surface area contributed by atoms with Gasteiger partial charge in [0.2, 0.25) is 0 Å². The van der Waals surface area contributed by atoms with E-state index < -0.39 is 0 Å². The molecule has 0 fully saturated rings. The molecule has 0 aromatic heterocycles. The van der Waals surface area contributed by atoms with Crippen molar-refractivity contribution in [3.63, 3.8) is 0 Å². The molecule has 0 saturated heterocycles. The van der Waals surface area contributed by atoms with Crippen LogP contribution in [-0.2, 0) is 6.42 Å². The van der Waals surface area contributed by atoms with Gasteiger partial charge in [-0.3, -0.25) is 0 Å². The van der Waals surface area contributed by atoms with Gasteiger partial charge in [0, 0.05) is 25.8 Å². The molecule has 1 unspecified atom stereocenters. The molecule has 0 bridgehead atoms. The maximum atomic E-state index is 4.12. The maximum absolute atomic E-state index is 4.12. The zero-order valence-corrected chi connectivity index (χ0v) is 23.6. The first kappa shape index (κ1) is 24.0. The summed E-state index contributed by atoms with van der Waals surface area (Å²) in [4.78, 5) is 2.71. The van der Waals surface area contributed by atoms with Crippen LogP contribution < -0.4 is 0 Å². The number of unbranched alkanes of at least 4 members (excludes halogenated alkanes) is 2. The fourth-order valence-electron chi connectivity index (χ4n) is 5.65. The number of hydrogen-bond acceptors (Lipinski definition) is 1. The lowest BCUT2D eigenvalue weighted by Gasteiger charge is -2.30. The minimum absolute atomic E-state index is 0.517. The summed E-state index contributed by atoms with van der Waals surface area (Å²) in [5.41, 5.74) is 1.42. The highest BCUT2D eigenvalue weighted by Gasteiger charge is 2.21. The van der Waals surface area contributed by atoms with Crippen molar-refractivity contribution < 1.29 is 0 Å². The first-order chi connectivity index (χ1) is 16.5. The van der Waals surface area contributed by atoms with E-state index in [2.05, 4.69) is 112 Å². The van der Waals surface area contributed by atoms with Gasteiger partial charge in [-0.2, -0.15) is 0 Å². The Labute approximate surface area is 220 Å². The van der Waals surface area contributed by atoms with Gasteiger partial charge in [0.15, 0.2) is 0 Å². The second-order valence-electron chi connectivity index (χ2n) is 9.75. The van der Waals surface area contributed by atoms with Crippen molar-refractivity contribution in [2.75, 3.05) is 13.1 Å². The van der Waals surface area contributed by atoms with Crippen LogP contribution in [0, 0.1) is 0 Å². The van der Waals surface area contributed by atoms with Gasteiger partial charge in [-0.05, 0) is 105 Å². The van der Waals surface area contributed by atoms with E-state index in [4.69, 9.17) is 0 Å². The van der Waals surface area contributed by atoms with Gasteiger partial charge in [0.25, 0.3) is 0 Å². The molecule has 5 aromatic rings. The SMILES string of the molecule is CCCCN(CCCC)C(C)Cc1cc2cccc3c4c(Br)ccc5cccc(c(c1Br)c23)c54. The van der Waals surface area contributed by atoms with E-state index in [1.54, 1.807) is 0 Å². The van der Waals surface area contributed by atoms with Crippen LogP contribution in [0.25, 0.3) is 43.1 Å². The Morgan fingerprint density at radius 2 is 1.35 bits per heavy atom. The van der Waals surface area contributed by atoms with Gasteiger partial charge in [0.05, 0.1) is 0 Å². The quantitative estimate of drug-likeness (QED) is 0.124. The fraction of sp³-hybridized carbons (Fsp3) is 0.355. The molecule has 0 spiro atoms. The summed E-state index contributed by atoms with van der Waals surface area (Å²) in [6.45, 7) is 9.39. The van der Waals surface area contributed by atoms with Crippen molar-refractivity contribution in [1.82, 2.24) is 4.90 Å². The minimum atomic E-state index is 0.517. The Kier molecular flexibility index (Phi) is 7.16. The van der Waals surface area contributed by atoms with Gasteiger partial charge >= 0.3 is 0 Å². The standard InChI is InChI=1S/C31H33Br2N/c1-4-6-16-34(17-7-5-2)20(3)18-23-19-22-11-9-12-24-28(22)30(31(23)33)25-13-8-10-21-14-15-26(32)29(24)27(21)25/h8-15,19-20H,4-7,16-18H2,1-3H3. The Morgan fingerprint density at radius 1 is 0.735 bits per heavy atom. The third kappa shape index (κ3) is 4.14. The molecule has 0 aliphatic heterocycles. The largest absolute Gasteiger partial charge is 0.300 e. The van der Waals surface area contributed by atoms with Crippen molar-refractivity contribution in [3.8, 4) is 0 Å². The molecular formula is C31H33Br2N. The van der Waals surface area contributed by atoms with Gasteiger partial charge in [-0.15, -0.1) is 0 Å². The van der Waals surface area contributed by atoms with E-state index >= 15 is 0 Å². The molecule has 3 heteroatoms. The third-order valence-electron chi connectivity index (χ3n) is 7.45. The maximum Gasteiger partial charge on any atom is 0.0293 e. The van der Waals surface area contributed by atoms with Gasteiger partial charge in [0.1, 0.15) is 0 Å². The van der Waals surface area contributed by atoms with E-state index in [9.17, 15) is 0 Å². The highest BCUT2D eigenvalue weighted by molar-refractivity contribution is 9.11. The van der Waals surface area contributed by atoms with Crippen molar-refractivity contribution in [1.29, 1.82) is 0 Å². The zero-order valence-electron chi connectivity index (χ0n) is 20.4. The van der Waals surface area contributed by atoms with E-state index in [-0.39, 0.29) is 0 Å². The van der Waals surface area contributed by atoms with Crippen LogP contribution in [0.3, 0.4) is 0 Å². The summed E-state index contributed by atoms with van der Waals surface area (Å²) in [6.07, 6.45) is 6.11. The van der Waals surface area contributed by atoms with Crippen molar-refractivity contribution in [2.45, 2.75) is 58.9 Å². The normalized spacial score (nSPS) is 13.2. The Balaban J connectivity index is 1.71. The number of halogens is 2. The van der Waals surface area contributed by atoms with E-state index in [1.165, 1.54) is 96.4 Å². The first-order valence-corrected chi connectivity index (χ1v) is 14.3.